The van der Waals surface area contributed by atoms with Gasteiger partial charge in [0.15, 0.2) is 0 Å². The quantitative estimate of drug-likeness (QED) is 0.824. The minimum Gasteiger partial charge on any atom is -0.379 e. The molecule has 1 atom stereocenters. The summed E-state index contributed by atoms with van der Waals surface area (Å²) >= 11 is 0. The van der Waals surface area contributed by atoms with E-state index in [1.54, 1.807) is 0 Å². The van der Waals surface area contributed by atoms with Crippen LogP contribution in [0.15, 0.2) is 18.5 Å². The lowest BCUT2D eigenvalue weighted by Crippen LogP contribution is -2.19. The summed E-state index contributed by atoms with van der Waals surface area (Å²) in [5.74, 6) is 0.527. The Kier molecular flexibility index (Phi) is 3.21. The molecular weight excluding hydrogens is 188 g/mol. The molecule has 1 unspecified atom stereocenters. The first kappa shape index (κ1) is 10.4. The molecule has 1 saturated heterocycles. The molecule has 0 aliphatic carbocycles. The fraction of sp³-hybridized carbons (Fsp3) is 0.583. The number of hydrogen-bond acceptors (Lipinski definition) is 3. The number of anilines is 1. The molecule has 1 aromatic rings. The molecule has 15 heavy (non-hydrogen) atoms. The fourth-order valence-corrected chi connectivity index (χ4v) is 1.74. The molecule has 1 aliphatic heterocycles. The van der Waals surface area contributed by atoms with Gasteiger partial charge in [-0.05, 0) is 24.0 Å². The minimum absolute atomic E-state index is 0.453. The van der Waals surface area contributed by atoms with Crippen molar-refractivity contribution in [3.05, 3.63) is 24.0 Å². The standard InChI is InChI=1S/C12H18N2O/c1-9(2)10-5-12(7-13-6-10)14-11-3-4-15-8-11/h5-7,9,11,14H,3-4,8H2,1-2H3. The molecule has 3 nitrogen and oxygen atoms in total. The van der Waals surface area contributed by atoms with Crippen LogP contribution in [0.1, 0.15) is 31.7 Å². The van der Waals surface area contributed by atoms with Crippen LogP contribution >= 0.6 is 0 Å². The monoisotopic (exact) mass is 206 g/mol. The molecule has 0 amide bonds. The van der Waals surface area contributed by atoms with Gasteiger partial charge in [-0.3, -0.25) is 4.98 Å². The van der Waals surface area contributed by atoms with Crippen molar-refractivity contribution >= 4 is 5.69 Å². The largest absolute Gasteiger partial charge is 0.379 e. The third kappa shape index (κ3) is 2.69. The molecule has 2 rings (SSSR count). The Morgan fingerprint density at radius 1 is 1.47 bits per heavy atom. The van der Waals surface area contributed by atoms with Crippen LogP contribution in [-0.2, 0) is 4.74 Å². The van der Waals surface area contributed by atoms with E-state index in [1.807, 2.05) is 12.4 Å². The molecular formula is C12H18N2O. The van der Waals surface area contributed by atoms with Gasteiger partial charge in [0, 0.05) is 19.0 Å². The van der Waals surface area contributed by atoms with Crippen molar-refractivity contribution in [3.8, 4) is 0 Å². The zero-order valence-electron chi connectivity index (χ0n) is 9.36. The highest BCUT2D eigenvalue weighted by molar-refractivity contribution is 5.44. The van der Waals surface area contributed by atoms with Crippen LogP contribution in [0.5, 0.6) is 0 Å². The number of pyridine rings is 1. The smallest absolute Gasteiger partial charge is 0.0668 e. The average Bonchev–Trinajstić information content (AvgIpc) is 2.71. The van der Waals surface area contributed by atoms with Crippen LogP contribution < -0.4 is 5.32 Å². The number of ether oxygens (including phenoxy) is 1. The summed E-state index contributed by atoms with van der Waals surface area (Å²) in [7, 11) is 0. The number of aromatic nitrogens is 1. The van der Waals surface area contributed by atoms with Crippen molar-refractivity contribution in [1.29, 1.82) is 0 Å². The highest BCUT2D eigenvalue weighted by atomic mass is 16.5. The second kappa shape index (κ2) is 4.62. The molecule has 0 bridgehead atoms. The lowest BCUT2D eigenvalue weighted by atomic mass is 10.1. The zero-order chi connectivity index (χ0) is 10.7. The third-order valence-corrected chi connectivity index (χ3v) is 2.73. The maximum Gasteiger partial charge on any atom is 0.0668 e. The molecule has 1 fully saturated rings. The Morgan fingerprint density at radius 2 is 2.33 bits per heavy atom. The van der Waals surface area contributed by atoms with Gasteiger partial charge in [0.2, 0.25) is 0 Å². The van der Waals surface area contributed by atoms with Gasteiger partial charge in [-0.2, -0.15) is 0 Å². The highest BCUT2D eigenvalue weighted by Gasteiger charge is 2.15. The fourth-order valence-electron chi connectivity index (χ4n) is 1.74. The predicted octanol–water partition coefficient (Wildman–Crippen LogP) is 2.41. The van der Waals surface area contributed by atoms with Crippen molar-refractivity contribution in [2.24, 2.45) is 0 Å². The lowest BCUT2D eigenvalue weighted by molar-refractivity contribution is 0.195. The highest BCUT2D eigenvalue weighted by Crippen LogP contribution is 2.18. The molecule has 1 N–H and O–H groups in total. The topological polar surface area (TPSA) is 34.2 Å². The summed E-state index contributed by atoms with van der Waals surface area (Å²) < 4.78 is 5.32. The van der Waals surface area contributed by atoms with Crippen LogP contribution in [0.4, 0.5) is 5.69 Å². The summed E-state index contributed by atoms with van der Waals surface area (Å²) in [6.45, 7) is 6.04. The molecule has 1 aromatic heterocycles. The maximum atomic E-state index is 5.32. The molecule has 0 spiro atoms. The van der Waals surface area contributed by atoms with E-state index in [9.17, 15) is 0 Å². The Bertz CT molecular complexity index is 319. The van der Waals surface area contributed by atoms with E-state index in [1.165, 1.54) is 5.56 Å². The van der Waals surface area contributed by atoms with Gasteiger partial charge < -0.3 is 10.1 Å². The SMILES string of the molecule is CC(C)c1cncc(NC2CCOC2)c1. The van der Waals surface area contributed by atoms with E-state index in [-0.39, 0.29) is 0 Å². The van der Waals surface area contributed by atoms with Gasteiger partial charge in [0.25, 0.3) is 0 Å². The Labute approximate surface area is 90.9 Å². The van der Waals surface area contributed by atoms with Crippen molar-refractivity contribution in [3.63, 3.8) is 0 Å². The Morgan fingerprint density at radius 3 is 3.00 bits per heavy atom. The van der Waals surface area contributed by atoms with Crippen molar-refractivity contribution in [2.45, 2.75) is 32.2 Å². The second-order valence-corrected chi connectivity index (χ2v) is 4.37. The summed E-state index contributed by atoms with van der Waals surface area (Å²) in [6, 6.07) is 2.63. The van der Waals surface area contributed by atoms with Crippen LogP contribution in [0.3, 0.4) is 0 Å². The average molecular weight is 206 g/mol. The van der Waals surface area contributed by atoms with E-state index in [0.717, 1.165) is 25.3 Å². The molecule has 0 radical (unpaired) electrons. The molecule has 3 heteroatoms. The minimum atomic E-state index is 0.453. The molecule has 82 valence electrons. The van der Waals surface area contributed by atoms with Crippen molar-refractivity contribution < 1.29 is 4.74 Å². The van der Waals surface area contributed by atoms with Gasteiger partial charge in [-0.1, -0.05) is 13.8 Å². The number of nitrogens with zero attached hydrogens (tertiary/aromatic N) is 1. The summed E-state index contributed by atoms with van der Waals surface area (Å²) in [5.41, 5.74) is 2.38. The van der Waals surface area contributed by atoms with E-state index in [4.69, 9.17) is 4.74 Å². The van der Waals surface area contributed by atoms with Gasteiger partial charge in [0.05, 0.1) is 18.3 Å². The third-order valence-electron chi connectivity index (χ3n) is 2.73. The van der Waals surface area contributed by atoms with Crippen LogP contribution in [0.2, 0.25) is 0 Å². The second-order valence-electron chi connectivity index (χ2n) is 4.37. The maximum absolute atomic E-state index is 5.32. The van der Waals surface area contributed by atoms with E-state index in [0.29, 0.717) is 12.0 Å². The Balaban J connectivity index is 2.04. The van der Waals surface area contributed by atoms with Crippen molar-refractivity contribution in [1.82, 2.24) is 4.98 Å². The summed E-state index contributed by atoms with van der Waals surface area (Å²) in [4.78, 5) is 4.24. The van der Waals surface area contributed by atoms with E-state index < -0.39 is 0 Å². The van der Waals surface area contributed by atoms with Crippen LogP contribution in [0.25, 0.3) is 0 Å². The summed E-state index contributed by atoms with van der Waals surface area (Å²) in [6.07, 6.45) is 4.90. The zero-order valence-corrected chi connectivity index (χ0v) is 9.36. The first-order valence-corrected chi connectivity index (χ1v) is 5.55. The van der Waals surface area contributed by atoms with Crippen molar-refractivity contribution in [2.75, 3.05) is 18.5 Å². The number of nitrogens with one attached hydrogen (secondary N) is 1. The predicted molar refractivity (Wildman–Crippen MR) is 61.2 cm³/mol. The number of hydrogen-bond donors (Lipinski definition) is 1. The van der Waals surface area contributed by atoms with Gasteiger partial charge in [-0.15, -0.1) is 0 Å². The molecule has 1 aliphatic rings. The van der Waals surface area contributed by atoms with Crippen LogP contribution in [0, 0.1) is 0 Å². The number of rotatable bonds is 3. The molecule has 2 heterocycles. The Hall–Kier alpha value is -1.09. The lowest BCUT2D eigenvalue weighted by Gasteiger charge is -2.13. The first-order valence-electron chi connectivity index (χ1n) is 5.55. The summed E-state index contributed by atoms with van der Waals surface area (Å²) in [5, 5.41) is 3.45. The van der Waals surface area contributed by atoms with E-state index in [2.05, 4.69) is 30.2 Å². The van der Waals surface area contributed by atoms with Gasteiger partial charge in [-0.25, -0.2) is 0 Å². The van der Waals surface area contributed by atoms with Gasteiger partial charge in [0.1, 0.15) is 0 Å². The molecule has 0 saturated carbocycles. The van der Waals surface area contributed by atoms with Gasteiger partial charge >= 0.3 is 0 Å². The normalized spacial score (nSPS) is 20.9. The van der Waals surface area contributed by atoms with E-state index >= 15 is 0 Å². The van der Waals surface area contributed by atoms with Crippen LogP contribution in [-0.4, -0.2) is 24.2 Å². The molecule has 0 aromatic carbocycles. The first-order chi connectivity index (χ1) is 7.25.